The lowest BCUT2D eigenvalue weighted by Gasteiger charge is -2.20. The van der Waals surface area contributed by atoms with Crippen LogP contribution in [0.2, 0.25) is 0 Å². The second kappa shape index (κ2) is 9.46. The summed E-state index contributed by atoms with van der Waals surface area (Å²) in [5, 5.41) is 5.89. The summed E-state index contributed by atoms with van der Waals surface area (Å²) < 4.78 is 0. The van der Waals surface area contributed by atoms with Gasteiger partial charge in [0.05, 0.1) is 0 Å². The summed E-state index contributed by atoms with van der Waals surface area (Å²) in [7, 11) is 0. The van der Waals surface area contributed by atoms with Crippen LogP contribution in [0.15, 0.2) is 48.5 Å². The highest BCUT2D eigenvalue weighted by molar-refractivity contribution is 7.80. The van der Waals surface area contributed by atoms with Crippen molar-refractivity contribution >= 4 is 34.8 Å². The van der Waals surface area contributed by atoms with Crippen molar-refractivity contribution in [3.05, 3.63) is 65.2 Å². The Balaban J connectivity index is 1.63. The fourth-order valence-electron chi connectivity index (χ4n) is 3.35. The normalized spacial score (nSPS) is 14.1. The Labute approximate surface area is 171 Å². The van der Waals surface area contributed by atoms with Gasteiger partial charge in [0, 0.05) is 29.9 Å². The molecule has 0 radical (unpaired) electrons. The van der Waals surface area contributed by atoms with E-state index in [9.17, 15) is 9.59 Å². The minimum Gasteiger partial charge on any atom is -0.339 e. The number of benzene rings is 2. The number of aryl methyl sites for hydroxylation is 1. The summed E-state index contributed by atoms with van der Waals surface area (Å²) in [6.07, 6.45) is 4.47. The number of thiocarbonyl (C=S) groups is 1. The highest BCUT2D eigenvalue weighted by atomic mass is 32.1. The van der Waals surface area contributed by atoms with Crippen LogP contribution >= 0.6 is 12.2 Å². The third-order valence-corrected chi connectivity index (χ3v) is 5.08. The van der Waals surface area contributed by atoms with Gasteiger partial charge in [-0.1, -0.05) is 37.1 Å². The summed E-state index contributed by atoms with van der Waals surface area (Å²) in [6.45, 7) is 3.49. The minimum atomic E-state index is -0.257. The molecule has 1 aliphatic heterocycles. The van der Waals surface area contributed by atoms with E-state index >= 15 is 0 Å². The van der Waals surface area contributed by atoms with Gasteiger partial charge < -0.3 is 10.2 Å². The molecule has 0 aliphatic carbocycles. The number of amides is 2. The lowest BCUT2D eigenvalue weighted by atomic mass is 10.1. The predicted octanol–water partition coefficient (Wildman–Crippen LogP) is 4.14. The molecule has 28 heavy (non-hydrogen) atoms. The molecule has 0 bridgehead atoms. The molecular weight excluding hydrogens is 370 g/mol. The van der Waals surface area contributed by atoms with E-state index in [1.807, 2.05) is 48.2 Å². The molecule has 0 aromatic heterocycles. The molecular formula is C22H25N3O2S. The van der Waals surface area contributed by atoms with Crippen LogP contribution in [0.1, 0.15) is 52.0 Å². The topological polar surface area (TPSA) is 61.4 Å². The highest BCUT2D eigenvalue weighted by Crippen LogP contribution is 2.16. The van der Waals surface area contributed by atoms with Gasteiger partial charge in [0.15, 0.2) is 5.11 Å². The van der Waals surface area contributed by atoms with Gasteiger partial charge in [0.1, 0.15) is 0 Å². The van der Waals surface area contributed by atoms with E-state index in [0.29, 0.717) is 16.8 Å². The van der Waals surface area contributed by atoms with Crippen LogP contribution in [0.3, 0.4) is 0 Å². The molecule has 1 aliphatic rings. The molecule has 0 saturated carbocycles. The van der Waals surface area contributed by atoms with E-state index in [4.69, 9.17) is 12.2 Å². The van der Waals surface area contributed by atoms with E-state index in [1.165, 1.54) is 12.8 Å². The third kappa shape index (κ3) is 5.16. The largest absolute Gasteiger partial charge is 0.339 e. The van der Waals surface area contributed by atoms with Crippen molar-refractivity contribution in [2.75, 3.05) is 18.4 Å². The lowest BCUT2D eigenvalue weighted by Crippen LogP contribution is -2.34. The maximum atomic E-state index is 12.8. The average molecular weight is 396 g/mol. The maximum Gasteiger partial charge on any atom is 0.257 e. The first-order valence-corrected chi connectivity index (χ1v) is 10.0. The van der Waals surface area contributed by atoms with Gasteiger partial charge in [-0.15, -0.1) is 0 Å². The SMILES string of the molecule is Cc1ccccc1C(=O)NC(=S)Nc1cccc(C(=O)N2CCCCCC2)c1. The van der Waals surface area contributed by atoms with Crippen molar-refractivity contribution in [1.29, 1.82) is 0 Å². The molecule has 2 aromatic carbocycles. The first kappa shape index (κ1) is 20.0. The monoisotopic (exact) mass is 395 g/mol. The molecule has 146 valence electrons. The second-order valence-corrected chi connectivity index (χ2v) is 7.42. The Kier molecular flexibility index (Phi) is 6.76. The smallest absolute Gasteiger partial charge is 0.257 e. The fraction of sp³-hybridized carbons (Fsp3) is 0.318. The first-order chi connectivity index (χ1) is 13.5. The maximum absolute atomic E-state index is 12.8. The Hall–Kier alpha value is -2.73. The van der Waals surface area contributed by atoms with Crippen molar-refractivity contribution in [2.24, 2.45) is 0 Å². The van der Waals surface area contributed by atoms with Crippen LogP contribution in [0, 0.1) is 6.92 Å². The van der Waals surface area contributed by atoms with E-state index in [1.54, 1.807) is 12.1 Å². The fourth-order valence-corrected chi connectivity index (χ4v) is 3.56. The summed E-state index contributed by atoms with van der Waals surface area (Å²) in [5.41, 5.74) is 2.76. The minimum absolute atomic E-state index is 0.0421. The summed E-state index contributed by atoms with van der Waals surface area (Å²) in [5.74, 6) is -0.215. The summed E-state index contributed by atoms with van der Waals surface area (Å²) in [4.78, 5) is 27.1. The molecule has 0 spiro atoms. The molecule has 0 atom stereocenters. The van der Waals surface area contributed by atoms with E-state index in [2.05, 4.69) is 10.6 Å². The van der Waals surface area contributed by atoms with Crippen LogP contribution in [0.5, 0.6) is 0 Å². The van der Waals surface area contributed by atoms with Gasteiger partial charge >= 0.3 is 0 Å². The molecule has 5 nitrogen and oxygen atoms in total. The van der Waals surface area contributed by atoms with Gasteiger partial charge in [-0.05, 0) is 61.8 Å². The Morgan fingerprint density at radius 1 is 0.964 bits per heavy atom. The van der Waals surface area contributed by atoms with E-state index in [0.717, 1.165) is 31.5 Å². The molecule has 1 saturated heterocycles. The number of likely N-dealkylation sites (tertiary alicyclic amines) is 1. The molecule has 2 amide bonds. The van der Waals surface area contributed by atoms with Crippen molar-refractivity contribution in [2.45, 2.75) is 32.6 Å². The Morgan fingerprint density at radius 3 is 2.39 bits per heavy atom. The van der Waals surface area contributed by atoms with Crippen molar-refractivity contribution < 1.29 is 9.59 Å². The number of nitrogens with one attached hydrogen (secondary N) is 2. The van der Waals surface area contributed by atoms with Gasteiger partial charge in [-0.25, -0.2) is 0 Å². The Morgan fingerprint density at radius 2 is 1.68 bits per heavy atom. The number of rotatable bonds is 3. The number of carbonyl (C=O) groups is 2. The van der Waals surface area contributed by atoms with Crippen LogP contribution in [0.25, 0.3) is 0 Å². The molecule has 1 heterocycles. The van der Waals surface area contributed by atoms with Gasteiger partial charge in [0.2, 0.25) is 0 Å². The molecule has 3 rings (SSSR count). The highest BCUT2D eigenvalue weighted by Gasteiger charge is 2.17. The standard InChI is InChI=1S/C22H25N3O2S/c1-16-9-4-5-12-19(16)20(26)24-22(28)23-18-11-8-10-17(15-18)21(27)25-13-6-2-3-7-14-25/h4-5,8-12,15H,2-3,6-7,13-14H2,1H3,(H2,23,24,26,28). The zero-order valence-electron chi connectivity index (χ0n) is 16.0. The average Bonchev–Trinajstić information content (AvgIpc) is 2.97. The predicted molar refractivity (Wildman–Crippen MR) is 116 cm³/mol. The van der Waals surface area contributed by atoms with Crippen LogP contribution < -0.4 is 10.6 Å². The van der Waals surface area contributed by atoms with Crippen molar-refractivity contribution in [3.63, 3.8) is 0 Å². The van der Waals surface area contributed by atoms with E-state index in [-0.39, 0.29) is 16.9 Å². The van der Waals surface area contributed by atoms with Crippen molar-refractivity contribution in [3.8, 4) is 0 Å². The number of hydrogen-bond donors (Lipinski definition) is 2. The second-order valence-electron chi connectivity index (χ2n) is 7.01. The van der Waals surface area contributed by atoms with Crippen molar-refractivity contribution in [1.82, 2.24) is 10.2 Å². The van der Waals surface area contributed by atoms with Crippen LogP contribution in [0.4, 0.5) is 5.69 Å². The summed E-state index contributed by atoms with van der Waals surface area (Å²) >= 11 is 5.27. The number of anilines is 1. The molecule has 1 fully saturated rings. The van der Waals surface area contributed by atoms with Gasteiger partial charge in [-0.2, -0.15) is 0 Å². The number of hydrogen-bond acceptors (Lipinski definition) is 3. The van der Waals surface area contributed by atoms with Crippen LogP contribution in [-0.2, 0) is 0 Å². The van der Waals surface area contributed by atoms with Gasteiger partial charge in [-0.3, -0.25) is 14.9 Å². The molecule has 6 heteroatoms. The number of carbonyl (C=O) groups excluding carboxylic acids is 2. The molecule has 0 unspecified atom stereocenters. The molecule has 2 N–H and O–H groups in total. The van der Waals surface area contributed by atoms with Crippen LogP contribution in [-0.4, -0.2) is 34.9 Å². The summed E-state index contributed by atoms with van der Waals surface area (Å²) in [6, 6.07) is 14.6. The molecule has 2 aromatic rings. The lowest BCUT2D eigenvalue weighted by molar-refractivity contribution is 0.0761. The number of nitrogens with zero attached hydrogens (tertiary/aromatic N) is 1. The quantitative estimate of drug-likeness (QED) is 0.767. The van der Waals surface area contributed by atoms with E-state index < -0.39 is 0 Å². The van der Waals surface area contributed by atoms with Gasteiger partial charge in [0.25, 0.3) is 11.8 Å². The first-order valence-electron chi connectivity index (χ1n) is 9.62. The third-order valence-electron chi connectivity index (χ3n) is 4.88. The zero-order valence-corrected chi connectivity index (χ0v) is 16.8. The Bertz CT molecular complexity index is 874. The zero-order chi connectivity index (χ0) is 19.9.